The molecule has 3 heterocycles. The van der Waals surface area contributed by atoms with Crippen molar-refractivity contribution in [2.45, 2.75) is 19.9 Å². The van der Waals surface area contributed by atoms with E-state index in [1.807, 2.05) is 30.3 Å². The molecule has 2 aromatic rings. The molecule has 1 atom stereocenters. The molecule has 7 nitrogen and oxygen atoms in total. The maximum atomic E-state index is 12.9. The predicted octanol–water partition coefficient (Wildman–Crippen LogP) is 1.95. The fourth-order valence-corrected chi connectivity index (χ4v) is 3.26. The number of hydrogen-bond acceptors (Lipinski definition) is 5. The number of benzene rings is 1. The first-order valence-corrected chi connectivity index (χ1v) is 7.93. The Morgan fingerprint density at radius 1 is 1.29 bits per heavy atom. The molecule has 1 amide bonds. The molecule has 0 aliphatic carbocycles. The number of allylic oxidation sites excluding steroid dienone is 1. The molecular weight excluding hydrogens is 304 g/mol. The molecule has 0 fully saturated rings. The minimum absolute atomic E-state index is 0.0705. The molecule has 1 aromatic carbocycles. The van der Waals surface area contributed by atoms with Gasteiger partial charge in [-0.2, -0.15) is 4.68 Å². The first-order valence-electron chi connectivity index (χ1n) is 7.93. The van der Waals surface area contributed by atoms with Crippen LogP contribution in [0.1, 0.15) is 25.5 Å². The molecule has 2 aliphatic rings. The largest absolute Gasteiger partial charge is 0.318 e. The van der Waals surface area contributed by atoms with Gasteiger partial charge in [-0.25, -0.2) is 0 Å². The van der Waals surface area contributed by atoms with Crippen LogP contribution >= 0.6 is 0 Å². The van der Waals surface area contributed by atoms with Gasteiger partial charge in [0.1, 0.15) is 11.7 Å². The SMILES string of the molecule is C=C1C2=C(Nc3nnnn3C2c2ccccc2)C(=O)N1CC(C)C. The van der Waals surface area contributed by atoms with Gasteiger partial charge in [-0.15, -0.1) is 0 Å². The van der Waals surface area contributed by atoms with Gasteiger partial charge in [0.15, 0.2) is 0 Å². The van der Waals surface area contributed by atoms with Gasteiger partial charge in [0.2, 0.25) is 5.95 Å². The summed E-state index contributed by atoms with van der Waals surface area (Å²) in [5, 5.41) is 14.9. The minimum atomic E-state index is -0.263. The van der Waals surface area contributed by atoms with Crippen molar-refractivity contribution in [1.29, 1.82) is 0 Å². The second kappa shape index (κ2) is 5.30. The molecule has 1 N–H and O–H groups in total. The number of tetrazole rings is 1. The van der Waals surface area contributed by atoms with Crippen molar-refractivity contribution in [2.75, 3.05) is 11.9 Å². The smallest absolute Gasteiger partial charge is 0.275 e. The number of hydrogen-bond donors (Lipinski definition) is 1. The minimum Gasteiger partial charge on any atom is -0.318 e. The monoisotopic (exact) mass is 322 g/mol. The van der Waals surface area contributed by atoms with Crippen molar-refractivity contribution in [2.24, 2.45) is 5.92 Å². The van der Waals surface area contributed by atoms with E-state index >= 15 is 0 Å². The van der Waals surface area contributed by atoms with Crippen LogP contribution in [0.4, 0.5) is 5.95 Å². The molecule has 122 valence electrons. The zero-order valence-corrected chi connectivity index (χ0v) is 13.6. The Morgan fingerprint density at radius 3 is 2.75 bits per heavy atom. The number of rotatable bonds is 3. The third kappa shape index (κ3) is 2.05. The second-order valence-corrected chi connectivity index (χ2v) is 6.43. The van der Waals surface area contributed by atoms with Crippen molar-refractivity contribution in [3.05, 3.63) is 59.4 Å². The fourth-order valence-electron chi connectivity index (χ4n) is 3.26. The molecule has 0 radical (unpaired) electrons. The van der Waals surface area contributed by atoms with Gasteiger partial charge >= 0.3 is 0 Å². The molecule has 0 saturated heterocycles. The van der Waals surface area contributed by atoms with Gasteiger partial charge in [0.25, 0.3) is 5.91 Å². The van der Waals surface area contributed by atoms with Crippen molar-refractivity contribution >= 4 is 11.9 Å². The summed E-state index contributed by atoms with van der Waals surface area (Å²) < 4.78 is 1.70. The first-order chi connectivity index (χ1) is 11.6. The standard InChI is InChI=1S/C17H18N6O/c1-10(2)9-22-11(3)13-14(16(22)24)18-17-19-20-21-23(17)15(13)12-7-5-4-6-8-12/h4-8,10,15H,3,9H2,1-2H3,(H,18,19,21). The van der Waals surface area contributed by atoms with Gasteiger partial charge in [0, 0.05) is 17.8 Å². The Morgan fingerprint density at radius 2 is 2.04 bits per heavy atom. The average Bonchev–Trinajstić information content (AvgIpc) is 3.13. The van der Waals surface area contributed by atoms with Crippen molar-refractivity contribution in [1.82, 2.24) is 25.1 Å². The van der Waals surface area contributed by atoms with Crippen molar-refractivity contribution in [3.63, 3.8) is 0 Å². The van der Waals surface area contributed by atoms with Crippen LogP contribution in [0.15, 0.2) is 53.9 Å². The number of fused-ring (bicyclic) bond motifs is 1. The van der Waals surface area contributed by atoms with Crippen LogP contribution in [-0.4, -0.2) is 37.6 Å². The van der Waals surface area contributed by atoms with Gasteiger partial charge in [-0.1, -0.05) is 55.9 Å². The molecule has 0 saturated carbocycles. The Balaban J connectivity index is 1.85. The molecule has 0 bridgehead atoms. The molecule has 24 heavy (non-hydrogen) atoms. The summed E-state index contributed by atoms with van der Waals surface area (Å²) in [6.45, 7) is 8.97. The van der Waals surface area contributed by atoms with Gasteiger partial charge < -0.3 is 10.2 Å². The summed E-state index contributed by atoms with van der Waals surface area (Å²) in [6, 6.07) is 9.64. The molecule has 2 aliphatic heterocycles. The number of nitrogens with zero attached hydrogens (tertiary/aromatic N) is 5. The zero-order valence-electron chi connectivity index (χ0n) is 13.6. The van der Waals surface area contributed by atoms with E-state index in [1.165, 1.54) is 0 Å². The first kappa shape index (κ1) is 14.6. The lowest BCUT2D eigenvalue weighted by Crippen LogP contribution is -2.30. The van der Waals surface area contributed by atoms with E-state index in [0.717, 1.165) is 11.1 Å². The lowest BCUT2D eigenvalue weighted by Gasteiger charge is -2.26. The summed E-state index contributed by atoms with van der Waals surface area (Å²) in [6.07, 6.45) is 0. The number of carbonyl (C=O) groups excluding carboxylic acids is 1. The highest BCUT2D eigenvalue weighted by atomic mass is 16.2. The molecule has 0 spiro atoms. The summed E-state index contributed by atoms with van der Waals surface area (Å²) in [5.74, 6) is 0.744. The maximum absolute atomic E-state index is 12.9. The lowest BCUT2D eigenvalue weighted by atomic mass is 9.95. The van der Waals surface area contributed by atoms with Crippen LogP contribution in [0.2, 0.25) is 0 Å². The van der Waals surface area contributed by atoms with Crippen LogP contribution in [0, 0.1) is 5.92 Å². The van der Waals surface area contributed by atoms with E-state index in [9.17, 15) is 4.79 Å². The van der Waals surface area contributed by atoms with Crippen molar-refractivity contribution < 1.29 is 4.79 Å². The van der Waals surface area contributed by atoms with Crippen LogP contribution in [0.25, 0.3) is 0 Å². The Bertz CT molecular complexity index is 851. The molecule has 7 heteroatoms. The highest BCUT2D eigenvalue weighted by molar-refractivity contribution is 6.03. The van der Waals surface area contributed by atoms with E-state index in [-0.39, 0.29) is 11.9 Å². The highest BCUT2D eigenvalue weighted by Crippen LogP contribution is 2.43. The summed E-state index contributed by atoms with van der Waals surface area (Å²) >= 11 is 0. The summed E-state index contributed by atoms with van der Waals surface area (Å²) in [7, 11) is 0. The fraction of sp³-hybridized carbons (Fsp3) is 0.294. The third-order valence-corrected chi connectivity index (χ3v) is 4.28. The normalized spacial score (nSPS) is 19.6. The number of carbonyl (C=O) groups is 1. The predicted molar refractivity (Wildman–Crippen MR) is 88.7 cm³/mol. The second-order valence-electron chi connectivity index (χ2n) is 6.43. The average molecular weight is 322 g/mol. The third-order valence-electron chi connectivity index (χ3n) is 4.28. The summed E-state index contributed by atoms with van der Waals surface area (Å²) in [4.78, 5) is 14.6. The maximum Gasteiger partial charge on any atom is 0.275 e. The van der Waals surface area contributed by atoms with E-state index in [2.05, 4.69) is 41.3 Å². The van der Waals surface area contributed by atoms with Gasteiger partial charge in [-0.3, -0.25) is 4.79 Å². The number of anilines is 1. The zero-order chi connectivity index (χ0) is 16.8. The highest BCUT2D eigenvalue weighted by Gasteiger charge is 2.43. The van der Waals surface area contributed by atoms with E-state index in [4.69, 9.17) is 0 Å². The number of nitrogens with one attached hydrogen (secondary N) is 1. The van der Waals surface area contributed by atoms with E-state index < -0.39 is 0 Å². The Hall–Kier alpha value is -2.96. The Labute approximate surface area is 139 Å². The molecule has 1 aromatic heterocycles. The number of amides is 1. The van der Waals surface area contributed by atoms with Gasteiger partial charge in [-0.05, 0) is 21.9 Å². The van der Waals surface area contributed by atoms with Crippen LogP contribution in [0.5, 0.6) is 0 Å². The quantitative estimate of drug-likeness (QED) is 0.935. The topological polar surface area (TPSA) is 75.9 Å². The van der Waals surface area contributed by atoms with E-state index in [0.29, 0.717) is 29.8 Å². The lowest BCUT2D eigenvalue weighted by molar-refractivity contribution is -0.124. The molecule has 4 rings (SSSR count). The van der Waals surface area contributed by atoms with Crippen LogP contribution in [0.3, 0.4) is 0 Å². The van der Waals surface area contributed by atoms with Crippen molar-refractivity contribution in [3.8, 4) is 0 Å². The molecular formula is C17H18N6O. The molecule has 1 unspecified atom stereocenters. The van der Waals surface area contributed by atoms with Gasteiger partial charge in [0.05, 0.1) is 0 Å². The number of aromatic nitrogens is 4. The van der Waals surface area contributed by atoms with Crippen LogP contribution < -0.4 is 5.32 Å². The van der Waals surface area contributed by atoms with Crippen LogP contribution in [-0.2, 0) is 4.79 Å². The summed E-state index contributed by atoms with van der Waals surface area (Å²) in [5.41, 5.74) is 3.09. The Kier molecular flexibility index (Phi) is 3.23. The van der Waals surface area contributed by atoms with E-state index in [1.54, 1.807) is 9.58 Å².